The fraction of sp³-hybridized carbons (Fsp3) is 0.389. The van der Waals surface area contributed by atoms with Crippen LogP contribution in [0.5, 0.6) is 0 Å². The normalized spacial score (nSPS) is 12.4. The van der Waals surface area contributed by atoms with Crippen LogP contribution in [0, 0.1) is 0 Å². The van der Waals surface area contributed by atoms with Crippen molar-refractivity contribution in [2.24, 2.45) is 5.73 Å². The summed E-state index contributed by atoms with van der Waals surface area (Å²) in [5.74, 6) is -4.05. The Balaban J connectivity index is 2.63. The molecule has 164 valence electrons. The summed E-state index contributed by atoms with van der Waals surface area (Å²) in [7, 11) is 0. The summed E-state index contributed by atoms with van der Waals surface area (Å²) in [6.07, 6.45) is -0.362. The molecule has 8 N–H and O–H groups in total. The Labute approximate surface area is 176 Å². The Morgan fingerprint density at radius 1 is 1.07 bits per heavy atom. The third-order valence-corrected chi connectivity index (χ3v) is 4.85. The molecule has 0 aliphatic carbocycles. The summed E-state index contributed by atoms with van der Waals surface area (Å²) in [5, 5.41) is 22.0. The van der Waals surface area contributed by atoms with Crippen LogP contribution in [0.25, 0.3) is 0 Å². The van der Waals surface area contributed by atoms with Crippen molar-refractivity contribution in [3.63, 3.8) is 0 Å². The zero-order chi connectivity index (χ0) is 22.7. The third kappa shape index (κ3) is 9.39. The molecule has 0 fully saturated rings. The monoisotopic (exact) mass is 440 g/mol. The molecule has 0 heterocycles. The minimum absolute atomic E-state index is 0.00287. The fourth-order valence-electron chi connectivity index (χ4n) is 2.17. The van der Waals surface area contributed by atoms with E-state index in [1.54, 1.807) is 24.3 Å². The second-order valence-corrected chi connectivity index (χ2v) is 7.31. The summed E-state index contributed by atoms with van der Waals surface area (Å²) in [4.78, 5) is 57.8. The molecule has 0 saturated heterocycles. The molecule has 0 radical (unpaired) electrons. The molecule has 0 aromatic heterocycles. The number of thioether (sulfide) groups is 1. The van der Waals surface area contributed by atoms with Crippen molar-refractivity contribution in [1.29, 1.82) is 0 Å². The van der Waals surface area contributed by atoms with Crippen LogP contribution in [0.1, 0.15) is 23.2 Å². The number of nitrogens with one attached hydrogen (secondary N) is 2. The van der Waals surface area contributed by atoms with Gasteiger partial charge in [0.1, 0.15) is 18.6 Å². The van der Waals surface area contributed by atoms with Crippen LogP contribution in [-0.2, 0) is 19.2 Å². The molecule has 12 heteroatoms. The number of hydrogen-bond acceptors (Lipinski definition) is 8. The number of ketones is 1. The molecule has 0 aliphatic heterocycles. The van der Waals surface area contributed by atoms with Crippen LogP contribution in [0.3, 0.4) is 0 Å². The molecule has 2 unspecified atom stereocenters. The first-order valence-corrected chi connectivity index (χ1v) is 9.99. The van der Waals surface area contributed by atoms with Gasteiger partial charge in [-0.25, -0.2) is 0 Å². The molecule has 1 rings (SSSR count). The number of Topliss-reactive ketones (excluding diaryl/α,β-unsaturated/α-hetero) is 1. The van der Waals surface area contributed by atoms with Crippen molar-refractivity contribution in [1.82, 2.24) is 10.6 Å². The smallest absolute Gasteiger partial charge is 0.322 e. The van der Waals surface area contributed by atoms with Gasteiger partial charge in [-0.2, -0.15) is 11.8 Å². The SMILES string of the molecule is Nc1ccc(C(=O)CSCC(NC(=O)CCC(N)C(=O)O)C(=O)NCC(=O)O)cc1. The highest BCUT2D eigenvalue weighted by Gasteiger charge is 2.23. The molecule has 0 bridgehead atoms. The molecule has 0 spiro atoms. The number of carbonyl (C=O) groups is 5. The molecule has 11 nitrogen and oxygen atoms in total. The molecule has 30 heavy (non-hydrogen) atoms. The van der Waals surface area contributed by atoms with Gasteiger partial charge in [0, 0.05) is 23.4 Å². The first-order chi connectivity index (χ1) is 14.1. The van der Waals surface area contributed by atoms with E-state index in [4.69, 9.17) is 21.7 Å². The lowest BCUT2D eigenvalue weighted by molar-refractivity contribution is -0.139. The molecular weight excluding hydrogens is 416 g/mol. The first-order valence-electron chi connectivity index (χ1n) is 8.84. The molecule has 2 atom stereocenters. The van der Waals surface area contributed by atoms with E-state index in [9.17, 15) is 24.0 Å². The van der Waals surface area contributed by atoms with Gasteiger partial charge < -0.3 is 32.3 Å². The number of benzene rings is 1. The molecule has 1 aromatic rings. The lowest BCUT2D eigenvalue weighted by atomic mass is 10.1. The van der Waals surface area contributed by atoms with Crippen LogP contribution < -0.4 is 22.1 Å². The Bertz CT molecular complexity index is 785. The number of carboxylic acid groups (broad SMARTS) is 2. The highest BCUT2D eigenvalue weighted by molar-refractivity contribution is 8.00. The minimum Gasteiger partial charge on any atom is -0.480 e. The summed E-state index contributed by atoms with van der Waals surface area (Å²) in [6.45, 7) is -0.635. The van der Waals surface area contributed by atoms with E-state index in [0.29, 0.717) is 11.3 Å². The second-order valence-electron chi connectivity index (χ2n) is 6.28. The van der Waals surface area contributed by atoms with Crippen LogP contribution in [-0.4, -0.2) is 69.9 Å². The number of rotatable bonds is 13. The van der Waals surface area contributed by atoms with Crippen LogP contribution >= 0.6 is 11.8 Å². The van der Waals surface area contributed by atoms with Gasteiger partial charge in [-0.05, 0) is 30.7 Å². The van der Waals surface area contributed by atoms with Crippen molar-refractivity contribution in [2.45, 2.75) is 24.9 Å². The molecule has 1 aromatic carbocycles. The van der Waals surface area contributed by atoms with Gasteiger partial charge >= 0.3 is 11.9 Å². The Hall–Kier alpha value is -3.12. The van der Waals surface area contributed by atoms with E-state index in [1.165, 1.54) is 0 Å². The van der Waals surface area contributed by atoms with Gasteiger partial charge in [0.05, 0.1) is 5.75 Å². The number of amides is 2. The van der Waals surface area contributed by atoms with Gasteiger partial charge in [0.15, 0.2) is 5.78 Å². The predicted molar refractivity (Wildman–Crippen MR) is 110 cm³/mol. The lowest BCUT2D eigenvalue weighted by Gasteiger charge is -2.18. The van der Waals surface area contributed by atoms with Gasteiger partial charge in [-0.15, -0.1) is 0 Å². The molecule has 0 saturated carbocycles. The van der Waals surface area contributed by atoms with E-state index >= 15 is 0 Å². The van der Waals surface area contributed by atoms with Gasteiger partial charge in [-0.3, -0.25) is 24.0 Å². The van der Waals surface area contributed by atoms with E-state index in [1.807, 2.05) is 0 Å². The summed E-state index contributed by atoms with van der Waals surface area (Å²) < 4.78 is 0. The second kappa shape index (κ2) is 12.4. The third-order valence-electron chi connectivity index (χ3n) is 3.82. The Morgan fingerprint density at radius 3 is 2.27 bits per heavy atom. The number of carboxylic acids is 2. The standard InChI is InChI=1S/C18H24N4O7S/c19-11-3-1-10(2-4-11)14(23)9-30-8-13(17(27)21-7-16(25)26)22-15(24)6-5-12(20)18(28)29/h1-4,12-13H,5-9,19-20H2,(H,21,27)(H,22,24)(H,25,26)(H,28,29). The number of nitrogen functional groups attached to an aromatic ring is 1. The zero-order valence-electron chi connectivity index (χ0n) is 16.0. The molecule has 0 aliphatic rings. The Morgan fingerprint density at radius 2 is 1.70 bits per heavy atom. The van der Waals surface area contributed by atoms with Crippen molar-refractivity contribution in [3.8, 4) is 0 Å². The quantitative estimate of drug-likeness (QED) is 0.164. The fourth-order valence-corrected chi connectivity index (χ4v) is 3.11. The van der Waals surface area contributed by atoms with E-state index in [0.717, 1.165) is 11.8 Å². The predicted octanol–water partition coefficient (Wildman–Crippen LogP) is -0.938. The first kappa shape index (κ1) is 24.9. The maximum Gasteiger partial charge on any atom is 0.322 e. The average Bonchev–Trinajstić information content (AvgIpc) is 2.69. The summed E-state index contributed by atoms with van der Waals surface area (Å²) in [5.41, 5.74) is 11.9. The van der Waals surface area contributed by atoms with Gasteiger partial charge in [0.2, 0.25) is 11.8 Å². The molecular formula is C18H24N4O7S. The topological polar surface area (TPSA) is 202 Å². The van der Waals surface area contributed by atoms with Crippen molar-refractivity contribution < 1.29 is 34.2 Å². The number of nitrogens with two attached hydrogens (primary N) is 2. The van der Waals surface area contributed by atoms with Crippen molar-refractivity contribution >= 4 is 47.0 Å². The number of aliphatic carboxylic acids is 2. The van der Waals surface area contributed by atoms with Gasteiger partial charge in [-0.1, -0.05) is 0 Å². The lowest BCUT2D eigenvalue weighted by Crippen LogP contribution is -2.49. The highest BCUT2D eigenvalue weighted by atomic mass is 32.2. The Kier molecular flexibility index (Phi) is 10.3. The van der Waals surface area contributed by atoms with Crippen LogP contribution in [0.15, 0.2) is 24.3 Å². The minimum atomic E-state index is -1.26. The number of hydrogen-bond donors (Lipinski definition) is 6. The van der Waals surface area contributed by atoms with E-state index < -0.39 is 42.4 Å². The highest BCUT2D eigenvalue weighted by Crippen LogP contribution is 2.11. The zero-order valence-corrected chi connectivity index (χ0v) is 16.8. The largest absolute Gasteiger partial charge is 0.480 e. The van der Waals surface area contributed by atoms with Crippen molar-refractivity contribution in [2.75, 3.05) is 23.8 Å². The van der Waals surface area contributed by atoms with Crippen molar-refractivity contribution in [3.05, 3.63) is 29.8 Å². The molecule has 2 amide bonds. The van der Waals surface area contributed by atoms with Crippen LogP contribution in [0.4, 0.5) is 5.69 Å². The van der Waals surface area contributed by atoms with Gasteiger partial charge in [0.25, 0.3) is 0 Å². The maximum atomic E-state index is 12.2. The summed E-state index contributed by atoms with van der Waals surface area (Å²) >= 11 is 1.08. The number of carbonyl (C=O) groups excluding carboxylic acids is 3. The average molecular weight is 440 g/mol. The van der Waals surface area contributed by atoms with E-state index in [2.05, 4.69) is 10.6 Å². The maximum absolute atomic E-state index is 12.2. The van der Waals surface area contributed by atoms with Crippen LogP contribution in [0.2, 0.25) is 0 Å². The van der Waals surface area contributed by atoms with E-state index in [-0.39, 0.29) is 30.1 Å². The summed E-state index contributed by atoms with van der Waals surface area (Å²) in [6, 6.07) is 3.99. The number of anilines is 1.